The molecular weight excluding hydrogens is 300 g/mol. The Kier molecular flexibility index (Phi) is 5.18. The highest BCUT2D eigenvalue weighted by molar-refractivity contribution is 6.31. The number of ether oxygens (including phenoxy) is 1. The molecule has 0 aliphatic rings. The van der Waals surface area contributed by atoms with Gasteiger partial charge in [0.15, 0.2) is 0 Å². The second-order valence-electron chi connectivity index (χ2n) is 4.48. The third kappa shape index (κ3) is 4.11. The smallest absolute Gasteiger partial charge is 0.259 e. The van der Waals surface area contributed by atoms with Gasteiger partial charge >= 0.3 is 0 Å². The van der Waals surface area contributed by atoms with Crippen LogP contribution in [-0.4, -0.2) is 5.91 Å². The SMILES string of the molecule is N#C/C(=C/c1ccc(OCc2ccccc2Cl)cc1)C(N)=O. The molecule has 0 radical (unpaired) electrons. The molecule has 110 valence electrons. The van der Waals surface area contributed by atoms with E-state index < -0.39 is 5.91 Å². The van der Waals surface area contributed by atoms with Crippen molar-refractivity contribution in [1.82, 2.24) is 0 Å². The molecule has 0 heterocycles. The Labute approximate surface area is 133 Å². The summed E-state index contributed by atoms with van der Waals surface area (Å²) in [6, 6.07) is 16.2. The summed E-state index contributed by atoms with van der Waals surface area (Å²) in [7, 11) is 0. The Hall–Kier alpha value is -2.77. The first-order chi connectivity index (χ1) is 10.6. The van der Waals surface area contributed by atoms with Crippen molar-refractivity contribution >= 4 is 23.6 Å². The lowest BCUT2D eigenvalue weighted by atomic mass is 10.1. The number of rotatable bonds is 5. The highest BCUT2D eigenvalue weighted by Crippen LogP contribution is 2.19. The third-order valence-corrected chi connectivity index (χ3v) is 3.30. The minimum absolute atomic E-state index is 0.0928. The van der Waals surface area contributed by atoms with Gasteiger partial charge in [0.2, 0.25) is 0 Å². The first-order valence-corrected chi connectivity index (χ1v) is 6.86. The molecule has 0 unspecified atom stereocenters. The van der Waals surface area contributed by atoms with Crippen LogP contribution in [0.2, 0.25) is 5.02 Å². The predicted molar refractivity (Wildman–Crippen MR) is 85.0 cm³/mol. The number of nitriles is 1. The molecule has 1 amide bonds. The number of hydrogen-bond acceptors (Lipinski definition) is 3. The molecule has 0 aliphatic carbocycles. The second kappa shape index (κ2) is 7.30. The van der Waals surface area contributed by atoms with Crippen molar-refractivity contribution in [2.24, 2.45) is 5.73 Å². The summed E-state index contributed by atoms with van der Waals surface area (Å²) in [4.78, 5) is 11.0. The second-order valence-corrected chi connectivity index (χ2v) is 4.89. The van der Waals surface area contributed by atoms with Crippen LogP contribution >= 0.6 is 11.6 Å². The first-order valence-electron chi connectivity index (χ1n) is 6.48. The molecule has 2 aromatic carbocycles. The van der Waals surface area contributed by atoms with Gasteiger partial charge in [0.1, 0.15) is 24.0 Å². The van der Waals surface area contributed by atoms with Gasteiger partial charge in [0.25, 0.3) is 5.91 Å². The van der Waals surface area contributed by atoms with Crippen molar-refractivity contribution in [2.75, 3.05) is 0 Å². The quantitative estimate of drug-likeness (QED) is 0.679. The Balaban J connectivity index is 2.05. The highest BCUT2D eigenvalue weighted by atomic mass is 35.5. The first kappa shape index (κ1) is 15.6. The molecule has 22 heavy (non-hydrogen) atoms. The van der Waals surface area contributed by atoms with Crippen LogP contribution in [0.4, 0.5) is 0 Å². The van der Waals surface area contributed by atoms with E-state index in [1.165, 1.54) is 6.08 Å². The normalized spacial score (nSPS) is 10.8. The Morgan fingerprint density at radius 1 is 1.23 bits per heavy atom. The fourth-order valence-corrected chi connectivity index (χ4v) is 1.95. The van der Waals surface area contributed by atoms with E-state index in [2.05, 4.69) is 0 Å². The summed E-state index contributed by atoms with van der Waals surface area (Å²) in [6.07, 6.45) is 1.43. The number of halogens is 1. The number of carbonyl (C=O) groups excluding carboxylic acids is 1. The van der Waals surface area contributed by atoms with Crippen molar-refractivity contribution < 1.29 is 9.53 Å². The van der Waals surface area contributed by atoms with E-state index in [0.717, 1.165) is 5.56 Å². The lowest BCUT2D eigenvalue weighted by Gasteiger charge is -2.08. The van der Waals surface area contributed by atoms with Gasteiger partial charge in [0.05, 0.1) is 0 Å². The van der Waals surface area contributed by atoms with Crippen LogP contribution in [0.3, 0.4) is 0 Å². The van der Waals surface area contributed by atoms with E-state index in [-0.39, 0.29) is 5.57 Å². The topological polar surface area (TPSA) is 76.1 Å². The summed E-state index contributed by atoms with van der Waals surface area (Å²) in [5.74, 6) is -0.0869. The van der Waals surface area contributed by atoms with Gasteiger partial charge in [-0.15, -0.1) is 0 Å². The van der Waals surface area contributed by atoms with Crippen molar-refractivity contribution in [3.63, 3.8) is 0 Å². The van der Waals surface area contributed by atoms with Crippen LogP contribution < -0.4 is 10.5 Å². The summed E-state index contributed by atoms with van der Waals surface area (Å²) in [5.41, 5.74) is 6.58. The molecule has 4 nitrogen and oxygen atoms in total. The summed E-state index contributed by atoms with van der Waals surface area (Å²) in [5, 5.41) is 9.45. The zero-order valence-electron chi connectivity index (χ0n) is 11.6. The number of nitrogens with zero attached hydrogens (tertiary/aromatic N) is 1. The van der Waals surface area contributed by atoms with Gasteiger partial charge in [-0.3, -0.25) is 4.79 Å². The standard InChI is InChI=1S/C17H13ClN2O2/c18-16-4-2-1-3-13(16)11-22-15-7-5-12(6-8-15)9-14(10-19)17(20)21/h1-9H,11H2,(H2,20,21)/b14-9-. The average molecular weight is 313 g/mol. The highest BCUT2D eigenvalue weighted by Gasteiger charge is 2.04. The molecule has 0 saturated heterocycles. The van der Waals surface area contributed by atoms with Gasteiger partial charge in [-0.2, -0.15) is 5.26 Å². The van der Waals surface area contributed by atoms with Crippen LogP contribution in [0.1, 0.15) is 11.1 Å². The van der Waals surface area contributed by atoms with Gasteiger partial charge < -0.3 is 10.5 Å². The zero-order valence-corrected chi connectivity index (χ0v) is 12.4. The molecule has 0 atom stereocenters. The molecular formula is C17H13ClN2O2. The minimum atomic E-state index is -0.749. The monoisotopic (exact) mass is 312 g/mol. The van der Waals surface area contributed by atoms with E-state index >= 15 is 0 Å². The van der Waals surface area contributed by atoms with Gasteiger partial charge in [-0.1, -0.05) is 41.9 Å². The Morgan fingerprint density at radius 3 is 2.50 bits per heavy atom. The van der Waals surface area contributed by atoms with Crippen LogP contribution in [-0.2, 0) is 11.4 Å². The van der Waals surface area contributed by atoms with Gasteiger partial charge in [-0.25, -0.2) is 0 Å². The van der Waals surface area contributed by atoms with Crippen LogP contribution in [0, 0.1) is 11.3 Å². The Bertz CT molecular complexity index is 746. The fourth-order valence-electron chi connectivity index (χ4n) is 1.76. The zero-order chi connectivity index (χ0) is 15.9. The molecule has 0 aliphatic heterocycles. The molecule has 2 rings (SSSR count). The number of hydrogen-bond donors (Lipinski definition) is 1. The van der Waals surface area contributed by atoms with Gasteiger partial charge in [-0.05, 0) is 29.8 Å². The molecule has 0 spiro atoms. The predicted octanol–water partition coefficient (Wildman–Crippen LogP) is 3.31. The number of amides is 1. The number of nitrogens with two attached hydrogens (primary N) is 1. The Morgan fingerprint density at radius 2 is 1.91 bits per heavy atom. The molecule has 0 bridgehead atoms. The van der Waals surface area contributed by atoms with Crippen LogP contribution in [0.5, 0.6) is 5.75 Å². The van der Waals surface area contributed by atoms with Crippen LogP contribution in [0.15, 0.2) is 54.1 Å². The van der Waals surface area contributed by atoms with E-state index in [0.29, 0.717) is 22.9 Å². The molecule has 5 heteroatoms. The van der Waals surface area contributed by atoms with E-state index in [1.54, 1.807) is 36.4 Å². The summed E-state index contributed by atoms with van der Waals surface area (Å²) < 4.78 is 5.64. The van der Waals surface area contributed by atoms with Crippen LogP contribution in [0.25, 0.3) is 6.08 Å². The maximum absolute atomic E-state index is 11.0. The number of benzene rings is 2. The van der Waals surface area contributed by atoms with E-state index in [4.69, 9.17) is 27.3 Å². The molecule has 2 aromatic rings. The largest absolute Gasteiger partial charge is 0.489 e. The maximum atomic E-state index is 11.0. The lowest BCUT2D eigenvalue weighted by molar-refractivity contribution is -0.114. The molecule has 0 aromatic heterocycles. The van der Waals surface area contributed by atoms with Crippen molar-refractivity contribution in [3.8, 4) is 11.8 Å². The average Bonchev–Trinajstić information content (AvgIpc) is 2.52. The summed E-state index contributed by atoms with van der Waals surface area (Å²) >= 11 is 6.06. The van der Waals surface area contributed by atoms with Gasteiger partial charge in [0, 0.05) is 10.6 Å². The minimum Gasteiger partial charge on any atom is -0.489 e. The molecule has 2 N–H and O–H groups in total. The summed E-state index contributed by atoms with van der Waals surface area (Å²) in [6.45, 7) is 0.361. The fraction of sp³-hybridized carbons (Fsp3) is 0.0588. The van der Waals surface area contributed by atoms with Crippen molar-refractivity contribution in [3.05, 3.63) is 70.3 Å². The number of primary amides is 1. The number of carbonyl (C=O) groups is 1. The molecule has 0 fully saturated rings. The lowest BCUT2D eigenvalue weighted by Crippen LogP contribution is -2.12. The molecule has 0 saturated carbocycles. The van der Waals surface area contributed by atoms with Crippen molar-refractivity contribution in [2.45, 2.75) is 6.61 Å². The van der Waals surface area contributed by atoms with E-state index in [1.807, 2.05) is 18.2 Å². The maximum Gasteiger partial charge on any atom is 0.259 e. The van der Waals surface area contributed by atoms with Crippen molar-refractivity contribution in [1.29, 1.82) is 5.26 Å². The van der Waals surface area contributed by atoms with E-state index in [9.17, 15) is 4.79 Å². The third-order valence-electron chi connectivity index (χ3n) is 2.93.